The lowest BCUT2D eigenvalue weighted by Crippen LogP contribution is -2.45. The summed E-state index contributed by atoms with van der Waals surface area (Å²) >= 11 is 0. The van der Waals surface area contributed by atoms with Crippen molar-refractivity contribution in [2.45, 2.75) is 13.1 Å². The van der Waals surface area contributed by atoms with Crippen molar-refractivity contribution in [2.75, 3.05) is 26.2 Å². The van der Waals surface area contributed by atoms with Crippen molar-refractivity contribution >= 4 is 0 Å². The molecule has 1 aliphatic rings. The van der Waals surface area contributed by atoms with Crippen LogP contribution in [-0.2, 0) is 13.1 Å². The van der Waals surface area contributed by atoms with Crippen LogP contribution >= 0.6 is 0 Å². The molecule has 1 fully saturated rings. The highest BCUT2D eigenvalue weighted by atomic mass is 16.5. The van der Waals surface area contributed by atoms with Crippen molar-refractivity contribution in [3.05, 3.63) is 60.1 Å². The molecule has 24 heavy (non-hydrogen) atoms. The second-order valence-electron chi connectivity index (χ2n) is 6.19. The molecule has 0 radical (unpaired) electrons. The minimum atomic E-state index is 0.868. The summed E-state index contributed by atoms with van der Waals surface area (Å²) in [5.74, 6) is 0. The Hall–Kier alpha value is -2.44. The van der Waals surface area contributed by atoms with Gasteiger partial charge < -0.3 is 4.52 Å². The van der Waals surface area contributed by atoms with Gasteiger partial charge in [0.1, 0.15) is 6.26 Å². The fourth-order valence-corrected chi connectivity index (χ4v) is 3.09. The van der Waals surface area contributed by atoms with E-state index in [9.17, 15) is 0 Å². The average molecular weight is 323 g/mol. The molecular formula is C18H21N5O. The van der Waals surface area contributed by atoms with Gasteiger partial charge in [0.25, 0.3) is 0 Å². The van der Waals surface area contributed by atoms with Crippen LogP contribution in [-0.4, -0.2) is 51.3 Å². The molecule has 0 saturated carbocycles. The molecule has 1 N–H and O–H groups in total. The van der Waals surface area contributed by atoms with Gasteiger partial charge in [-0.15, -0.1) is 0 Å². The third-order valence-electron chi connectivity index (χ3n) is 4.44. The lowest BCUT2D eigenvalue weighted by Gasteiger charge is -2.33. The predicted molar refractivity (Wildman–Crippen MR) is 91.1 cm³/mol. The summed E-state index contributed by atoms with van der Waals surface area (Å²) < 4.78 is 4.90. The Morgan fingerprint density at radius 1 is 0.958 bits per heavy atom. The van der Waals surface area contributed by atoms with Gasteiger partial charge in [-0.25, -0.2) is 0 Å². The van der Waals surface area contributed by atoms with Crippen LogP contribution in [0.4, 0.5) is 0 Å². The summed E-state index contributed by atoms with van der Waals surface area (Å²) in [4.78, 5) is 4.87. The number of nitrogens with zero attached hydrogens (tertiary/aromatic N) is 4. The molecule has 3 heterocycles. The van der Waals surface area contributed by atoms with E-state index in [0.29, 0.717) is 0 Å². The van der Waals surface area contributed by atoms with Crippen molar-refractivity contribution in [1.82, 2.24) is 25.2 Å². The number of aromatic amines is 1. The second kappa shape index (κ2) is 6.98. The Bertz CT molecular complexity index is 745. The molecular weight excluding hydrogens is 302 g/mol. The normalized spacial score (nSPS) is 16.5. The van der Waals surface area contributed by atoms with Gasteiger partial charge in [-0.05, 0) is 6.07 Å². The molecule has 1 aromatic carbocycles. The summed E-state index contributed by atoms with van der Waals surface area (Å²) in [5, 5.41) is 11.6. The Kier molecular flexibility index (Phi) is 4.40. The molecule has 0 amide bonds. The van der Waals surface area contributed by atoms with E-state index in [4.69, 9.17) is 4.52 Å². The molecule has 2 aromatic heterocycles. The van der Waals surface area contributed by atoms with E-state index < -0.39 is 0 Å². The van der Waals surface area contributed by atoms with Gasteiger partial charge in [-0.1, -0.05) is 35.5 Å². The minimum absolute atomic E-state index is 0.868. The average Bonchev–Trinajstić information content (AvgIpc) is 3.29. The maximum atomic E-state index is 4.90. The van der Waals surface area contributed by atoms with E-state index in [2.05, 4.69) is 43.4 Å². The number of nitrogens with one attached hydrogen (secondary N) is 1. The topological polar surface area (TPSA) is 61.2 Å². The van der Waals surface area contributed by atoms with Crippen LogP contribution in [0.2, 0.25) is 0 Å². The van der Waals surface area contributed by atoms with Gasteiger partial charge in [0, 0.05) is 56.6 Å². The zero-order valence-electron chi connectivity index (χ0n) is 13.6. The van der Waals surface area contributed by atoms with Gasteiger partial charge in [0.15, 0.2) is 0 Å². The standard InChI is InChI=1S/C18H21N5O/c1-2-4-15(5-3-1)18-12-17(19-20-18)14-23-9-7-22(8-10-23)13-16-6-11-24-21-16/h1-6,11-12H,7-10,13-14H2,(H,19,20). The smallest absolute Gasteiger partial charge is 0.124 e. The van der Waals surface area contributed by atoms with Crippen LogP contribution in [0.5, 0.6) is 0 Å². The Balaban J connectivity index is 1.30. The van der Waals surface area contributed by atoms with E-state index in [1.54, 1.807) is 6.26 Å². The van der Waals surface area contributed by atoms with Gasteiger partial charge in [0.2, 0.25) is 0 Å². The number of aromatic nitrogens is 3. The van der Waals surface area contributed by atoms with Crippen LogP contribution in [0, 0.1) is 0 Å². The summed E-state index contributed by atoms with van der Waals surface area (Å²) in [6, 6.07) is 14.4. The number of hydrogen-bond donors (Lipinski definition) is 1. The molecule has 1 aliphatic heterocycles. The van der Waals surface area contributed by atoms with E-state index in [1.165, 1.54) is 5.69 Å². The third kappa shape index (κ3) is 3.55. The van der Waals surface area contributed by atoms with Crippen LogP contribution in [0.1, 0.15) is 11.4 Å². The maximum Gasteiger partial charge on any atom is 0.124 e. The molecule has 0 bridgehead atoms. The fourth-order valence-electron chi connectivity index (χ4n) is 3.09. The van der Waals surface area contributed by atoms with Crippen molar-refractivity contribution in [2.24, 2.45) is 0 Å². The summed E-state index contributed by atoms with van der Waals surface area (Å²) in [6.45, 7) is 5.98. The van der Waals surface area contributed by atoms with Crippen molar-refractivity contribution in [3.63, 3.8) is 0 Å². The first-order chi connectivity index (χ1) is 11.9. The number of benzene rings is 1. The number of piperazine rings is 1. The van der Waals surface area contributed by atoms with E-state index in [0.717, 1.165) is 56.2 Å². The Labute approximate surface area is 141 Å². The highest BCUT2D eigenvalue weighted by Crippen LogP contribution is 2.18. The van der Waals surface area contributed by atoms with Gasteiger partial charge in [0.05, 0.1) is 11.4 Å². The quantitative estimate of drug-likeness (QED) is 0.781. The zero-order valence-corrected chi connectivity index (χ0v) is 13.6. The Morgan fingerprint density at radius 2 is 1.71 bits per heavy atom. The number of hydrogen-bond acceptors (Lipinski definition) is 5. The molecule has 3 aromatic rings. The number of H-pyrrole nitrogens is 1. The van der Waals surface area contributed by atoms with Crippen molar-refractivity contribution in [1.29, 1.82) is 0 Å². The molecule has 0 unspecified atom stereocenters. The third-order valence-corrected chi connectivity index (χ3v) is 4.44. The van der Waals surface area contributed by atoms with E-state index in [1.807, 2.05) is 24.3 Å². The monoisotopic (exact) mass is 323 g/mol. The largest absolute Gasteiger partial charge is 0.364 e. The second-order valence-corrected chi connectivity index (χ2v) is 6.19. The predicted octanol–water partition coefficient (Wildman–Crippen LogP) is 2.38. The van der Waals surface area contributed by atoms with E-state index >= 15 is 0 Å². The van der Waals surface area contributed by atoms with Gasteiger partial charge in [-0.2, -0.15) is 5.10 Å². The molecule has 0 spiro atoms. The highest BCUT2D eigenvalue weighted by molar-refractivity contribution is 5.58. The van der Waals surface area contributed by atoms with Crippen molar-refractivity contribution in [3.8, 4) is 11.3 Å². The zero-order chi connectivity index (χ0) is 16.2. The first-order valence-electron chi connectivity index (χ1n) is 8.30. The first-order valence-corrected chi connectivity index (χ1v) is 8.30. The van der Waals surface area contributed by atoms with Crippen LogP contribution < -0.4 is 0 Å². The fraction of sp³-hybridized carbons (Fsp3) is 0.333. The lowest BCUT2D eigenvalue weighted by molar-refractivity contribution is 0.119. The minimum Gasteiger partial charge on any atom is -0.364 e. The molecule has 124 valence electrons. The van der Waals surface area contributed by atoms with Crippen molar-refractivity contribution < 1.29 is 4.52 Å². The Morgan fingerprint density at radius 3 is 2.42 bits per heavy atom. The van der Waals surface area contributed by atoms with Crippen LogP contribution in [0.3, 0.4) is 0 Å². The van der Waals surface area contributed by atoms with Gasteiger partial charge in [-0.3, -0.25) is 14.9 Å². The molecule has 1 saturated heterocycles. The maximum absolute atomic E-state index is 4.90. The highest BCUT2D eigenvalue weighted by Gasteiger charge is 2.18. The SMILES string of the molecule is c1ccc(-c2cc(CN3CCN(Cc4ccon4)CC3)[nH]n2)cc1. The molecule has 0 atom stereocenters. The molecule has 6 nitrogen and oxygen atoms in total. The molecule has 4 rings (SSSR count). The summed E-state index contributed by atoms with van der Waals surface area (Å²) in [7, 11) is 0. The van der Waals surface area contributed by atoms with Crippen LogP contribution in [0.15, 0.2) is 53.3 Å². The van der Waals surface area contributed by atoms with Crippen LogP contribution in [0.25, 0.3) is 11.3 Å². The van der Waals surface area contributed by atoms with E-state index in [-0.39, 0.29) is 0 Å². The first kappa shape index (κ1) is 15.1. The lowest BCUT2D eigenvalue weighted by atomic mass is 10.1. The molecule has 0 aliphatic carbocycles. The number of rotatable bonds is 5. The summed E-state index contributed by atoms with van der Waals surface area (Å²) in [5.41, 5.74) is 4.33. The molecule has 6 heteroatoms. The van der Waals surface area contributed by atoms with Gasteiger partial charge >= 0.3 is 0 Å². The summed E-state index contributed by atoms with van der Waals surface area (Å²) in [6.07, 6.45) is 1.63.